The summed E-state index contributed by atoms with van der Waals surface area (Å²) in [5.74, 6) is 0.530. The Bertz CT molecular complexity index is 401. The van der Waals surface area contributed by atoms with Crippen LogP contribution >= 0.6 is 12.4 Å². The number of hydrogen-bond donors (Lipinski definition) is 2. The van der Waals surface area contributed by atoms with Crippen molar-refractivity contribution in [1.82, 2.24) is 5.32 Å². The monoisotopic (exact) mass is 288 g/mol. The Kier molecular flexibility index (Phi) is 8.14. The quantitative estimate of drug-likeness (QED) is 0.827. The third-order valence-corrected chi connectivity index (χ3v) is 2.64. The van der Waals surface area contributed by atoms with Crippen LogP contribution in [0, 0.1) is 0 Å². The zero-order valence-electron chi connectivity index (χ0n) is 11.4. The lowest BCUT2D eigenvalue weighted by Crippen LogP contribution is -2.44. The number of ether oxygens (including phenoxy) is 2. The van der Waals surface area contributed by atoms with Crippen molar-refractivity contribution in [3.8, 4) is 5.75 Å². The molecule has 2 atom stereocenters. The molecule has 1 amide bonds. The van der Waals surface area contributed by atoms with E-state index >= 15 is 0 Å². The molecule has 0 bridgehead atoms. The van der Waals surface area contributed by atoms with Crippen molar-refractivity contribution >= 4 is 18.3 Å². The molecule has 1 rings (SSSR count). The first kappa shape index (κ1) is 17.7. The second kappa shape index (κ2) is 8.74. The van der Waals surface area contributed by atoms with Crippen LogP contribution in [-0.4, -0.2) is 32.8 Å². The maximum atomic E-state index is 11.7. The lowest BCUT2D eigenvalue weighted by Gasteiger charge is -2.18. The third-order valence-electron chi connectivity index (χ3n) is 2.64. The molecule has 6 heteroatoms. The molecular weight excluding hydrogens is 268 g/mol. The van der Waals surface area contributed by atoms with Gasteiger partial charge >= 0.3 is 0 Å². The van der Waals surface area contributed by atoms with Crippen LogP contribution in [0.5, 0.6) is 5.75 Å². The largest absolute Gasteiger partial charge is 0.497 e. The van der Waals surface area contributed by atoms with Crippen molar-refractivity contribution < 1.29 is 14.3 Å². The molecule has 2 unspecified atom stereocenters. The lowest BCUT2D eigenvalue weighted by molar-refractivity contribution is -0.124. The number of rotatable bonds is 6. The number of nitrogens with two attached hydrogens (primary N) is 1. The van der Waals surface area contributed by atoms with E-state index in [0.29, 0.717) is 0 Å². The predicted molar refractivity (Wildman–Crippen MR) is 76.7 cm³/mol. The predicted octanol–water partition coefficient (Wildman–Crippen LogP) is 1.27. The highest BCUT2D eigenvalue weighted by Gasteiger charge is 2.16. The summed E-state index contributed by atoms with van der Waals surface area (Å²) in [6, 6.07) is 6.77. The maximum absolute atomic E-state index is 11.7. The summed E-state index contributed by atoms with van der Waals surface area (Å²) < 4.78 is 9.98. The highest BCUT2D eigenvalue weighted by molar-refractivity contribution is 5.85. The molecule has 108 valence electrons. The van der Waals surface area contributed by atoms with E-state index in [1.807, 2.05) is 31.2 Å². The molecule has 0 aromatic heterocycles. The van der Waals surface area contributed by atoms with Crippen molar-refractivity contribution in [3.05, 3.63) is 29.8 Å². The second-order valence-corrected chi connectivity index (χ2v) is 4.07. The molecule has 0 radical (unpaired) electrons. The van der Waals surface area contributed by atoms with Gasteiger partial charge in [-0.1, -0.05) is 12.1 Å². The highest BCUT2D eigenvalue weighted by Crippen LogP contribution is 2.18. The van der Waals surface area contributed by atoms with Crippen LogP contribution in [0.2, 0.25) is 0 Å². The third kappa shape index (κ3) is 5.46. The summed E-state index contributed by atoms with van der Waals surface area (Å²) in [4.78, 5) is 11.7. The minimum absolute atomic E-state index is 0. The fourth-order valence-electron chi connectivity index (χ4n) is 1.57. The van der Waals surface area contributed by atoms with Gasteiger partial charge < -0.3 is 20.5 Å². The smallest absolute Gasteiger partial charge is 0.239 e. The van der Waals surface area contributed by atoms with Gasteiger partial charge in [0.2, 0.25) is 5.91 Å². The average molecular weight is 289 g/mol. The Morgan fingerprint density at radius 1 is 1.42 bits per heavy atom. The van der Waals surface area contributed by atoms with Crippen LogP contribution in [0.4, 0.5) is 0 Å². The number of carbonyl (C=O) groups is 1. The van der Waals surface area contributed by atoms with Gasteiger partial charge in [0.15, 0.2) is 0 Å². The molecule has 1 aromatic carbocycles. The summed E-state index contributed by atoms with van der Waals surface area (Å²) in [7, 11) is 3.12. The van der Waals surface area contributed by atoms with Gasteiger partial charge in [0.05, 0.1) is 19.8 Å². The summed E-state index contributed by atoms with van der Waals surface area (Å²) >= 11 is 0. The number of benzene rings is 1. The maximum Gasteiger partial charge on any atom is 0.239 e. The zero-order valence-corrected chi connectivity index (χ0v) is 12.2. The average Bonchev–Trinajstić information content (AvgIpc) is 2.39. The highest BCUT2D eigenvalue weighted by atomic mass is 35.5. The Balaban J connectivity index is 0.00000324. The first-order valence-corrected chi connectivity index (χ1v) is 5.77. The van der Waals surface area contributed by atoms with E-state index in [1.165, 1.54) is 7.11 Å². The van der Waals surface area contributed by atoms with Gasteiger partial charge in [-0.3, -0.25) is 4.79 Å². The normalized spacial score (nSPS) is 13.1. The molecule has 0 aliphatic rings. The number of nitrogens with one attached hydrogen (secondary N) is 1. The van der Waals surface area contributed by atoms with Gasteiger partial charge in [-0.05, 0) is 24.6 Å². The number of halogens is 1. The lowest BCUT2D eigenvalue weighted by atomic mass is 10.1. The van der Waals surface area contributed by atoms with Gasteiger partial charge in [0, 0.05) is 7.11 Å². The molecule has 19 heavy (non-hydrogen) atoms. The molecule has 3 N–H and O–H groups in total. The minimum atomic E-state index is -0.650. The molecule has 5 nitrogen and oxygen atoms in total. The van der Waals surface area contributed by atoms with Crippen molar-refractivity contribution in [2.24, 2.45) is 5.73 Å². The van der Waals surface area contributed by atoms with E-state index in [9.17, 15) is 4.79 Å². The summed E-state index contributed by atoms with van der Waals surface area (Å²) in [6.07, 6.45) is 0. The molecule has 0 spiro atoms. The van der Waals surface area contributed by atoms with Gasteiger partial charge in [0.25, 0.3) is 0 Å². The minimum Gasteiger partial charge on any atom is -0.497 e. The van der Waals surface area contributed by atoms with E-state index in [2.05, 4.69) is 5.32 Å². The molecular formula is C13H21ClN2O3. The van der Waals surface area contributed by atoms with Crippen molar-refractivity contribution in [3.63, 3.8) is 0 Å². The van der Waals surface area contributed by atoms with Crippen molar-refractivity contribution in [1.29, 1.82) is 0 Å². The molecule has 0 heterocycles. The molecule has 0 saturated carbocycles. The summed E-state index contributed by atoms with van der Waals surface area (Å²) in [6.45, 7) is 2.10. The number of hydrogen-bond acceptors (Lipinski definition) is 4. The van der Waals surface area contributed by atoms with Crippen LogP contribution in [0.15, 0.2) is 24.3 Å². The van der Waals surface area contributed by atoms with Crippen LogP contribution in [0.3, 0.4) is 0 Å². The van der Waals surface area contributed by atoms with E-state index < -0.39 is 6.04 Å². The van der Waals surface area contributed by atoms with Crippen LogP contribution in [-0.2, 0) is 9.53 Å². The zero-order chi connectivity index (χ0) is 13.5. The fraction of sp³-hybridized carbons (Fsp3) is 0.462. The Morgan fingerprint density at radius 2 is 2.11 bits per heavy atom. The number of carbonyl (C=O) groups excluding carboxylic acids is 1. The fourth-order valence-corrected chi connectivity index (χ4v) is 1.57. The molecule has 0 aliphatic carbocycles. The van der Waals surface area contributed by atoms with E-state index in [4.69, 9.17) is 15.2 Å². The van der Waals surface area contributed by atoms with Crippen LogP contribution < -0.4 is 15.8 Å². The Morgan fingerprint density at radius 3 is 2.68 bits per heavy atom. The van der Waals surface area contributed by atoms with Gasteiger partial charge in [-0.15, -0.1) is 12.4 Å². The molecule has 0 saturated heterocycles. The number of methoxy groups -OCH3 is 2. The van der Waals surface area contributed by atoms with Gasteiger partial charge in [-0.2, -0.15) is 0 Å². The second-order valence-electron chi connectivity index (χ2n) is 4.07. The standard InChI is InChI=1S/C13H20N2O3.ClH/c1-9(15-13(16)12(14)8-17-2)10-5-4-6-11(7-10)18-3;/h4-7,9,12H,8,14H2,1-3H3,(H,15,16);1H. The van der Waals surface area contributed by atoms with Gasteiger partial charge in [-0.25, -0.2) is 0 Å². The van der Waals surface area contributed by atoms with Crippen LogP contribution in [0.1, 0.15) is 18.5 Å². The van der Waals surface area contributed by atoms with Crippen molar-refractivity contribution in [2.45, 2.75) is 19.0 Å². The SMILES string of the molecule is COCC(N)C(=O)NC(C)c1cccc(OC)c1.Cl. The molecule has 0 aliphatic heterocycles. The van der Waals surface area contributed by atoms with E-state index in [1.54, 1.807) is 7.11 Å². The molecule has 0 fully saturated rings. The Hall–Kier alpha value is -1.30. The van der Waals surface area contributed by atoms with Crippen molar-refractivity contribution in [2.75, 3.05) is 20.8 Å². The number of amides is 1. The first-order chi connectivity index (χ1) is 8.58. The van der Waals surface area contributed by atoms with Gasteiger partial charge in [0.1, 0.15) is 11.8 Å². The summed E-state index contributed by atoms with van der Waals surface area (Å²) in [5.41, 5.74) is 6.61. The summed E-state index contributed by atoms with van der Waals surface area (Å²) in [5, 5.41) is 2.83. The van der Waals surface area contributed by atoms with E-state index in [0.717, 1.165) is 11.3 Å². The van der Waals surface area contributed by atoms with E-state index in [-0.39, 0.29) is 31.0 Å². The topological polar surface area (TPSA) is 73.6 Å². The Labute approximate surface area is 119 Å². The molecule has 1 aromatic rings. The first-order valence-electron chi connectivity index (χ1n) is 5.77. The van der Waals surface area contributed by atoms with Crippen LogP contribution in [0.25, 0.3) is 0 Å².